The van der Waals surface area contributed by atoms with Crippen molar-refractivity contribution in [2.45, 2.75) is 39.2 Å². The van der Waals surface area contributed by atoms with Gasteiger partial charge in [-0.1, -0.05) is 30.3 Å². The molecule has 1 aliphatic heterocycles. The molecule has 4 heteroatoms. The minimum absolute atomic E-state index is 0.182. The number of hydrogen-bond donors (Lipinski definition) is 1. The molecule has 144 valence electrons. The van der Waals surface area contributed by atoms with Crippen molar-refractivity contribution in [2.24, 2.45) is 0 Å². The summed E-state index contributed by atoms with van der Waals surface area (Å²) >= 11 is 0. The normalized spacial score (nSPS) is 15.4. The van der Waals surface area contributed by atoms with E-state index in [0.717, 1.165) is 42.5 Å². The lowest BCUT2D eigenvalue weighted by atomic mass is 9.97. The van der Waals surface area contributed by atoms with E-state index in [4.69, 9.17) is 0 Å². The maximum Gasteiger partial charge on any atom is 0.244 e. The fraction of sp³-hybridized carbons (Fsp3) is 0.333. The monoisotopic (exact) mass is 373 g/mol. The zero-order valence-electron chi connectivity index (χ0n) is 16.6. The predicted octanol–water partition coefficient (Wildman–Crippen LogP) is 5.02. The number of fused-ring (bicyclic) bond motifs is 1. The number of nitrogens with one attached hydrogen (secondary N) is 1. The number of anilines is 1. The first-order chi connectivity index (χ1) is 13.6. The zero-order valence-corrected chi connectivity index (χ0v) is 16.6. The Kier molecular flexibility index (Phi) is 5.29. The van der Waals surface area contributed by atoms with Crippen LogP contribution in [0.25, 0.3) is 22.0 Å². The quantitative estimate of drug-likeness (QED) is 0.698. The van der Waals surface area contributed by atoms with E-state index in [9.17, 15) is 4.79 Å². The SMILES string of the molecule is Cc1ccccc1-c1ccnc2cc(N[C@H](C)C(=O)N3CCCCC3)ccc12. The number of carbonyl (C=O) groups is 1. The van der Waals surface area contributed by atoms with Crippen LogP contribution in [-0.2, 0) is 4.79 Å². The highest BCUT2D eigenvalue weighted by Gasteiger charge is 2.22. The molecule has 28 heavy (non-hydrogen) atoms. The van der Waals surface area contributed by atoms with Crippen LogP contribution in [0.4, 0.5) is 5.69 Å². The summed E-state index contributed by atoms with van der Waals surface area (Å²) in [5.41, 5.74) is 5.53. The van der Waals surface area contributed by atoms with Gasteiger partial charge in [-0.2, -0.15) is 0 Å². The Balaban J connectivity index is 1.58. The van der Waals surface area contributed by atoms with Crippen molar-refractivity contribution in [1.29, 1.82) is 0 Å². The minimum Gasteiger partial charge on any atom is -0.374 e. The molecule has 1 amide bonds. The molecule has 1 N–H and O–H groups in total. The van der Waals surface area contributed by atoms with E-state index in [1.54, 1.807) is 0 Å². The molecule has 0 spiro atoms. The summed E-state index contributed by atoms with van der Waals surface area (Å²) in [6, 6.07) is 16.4. The highest BCUT2D eigenvalue weighted by atomic mass is 16.2. The van der Waals surface area contributed by atoms with Crippen molar-refractivity contribution in [3.63, 3.8) is 0 Å². The molecule has 0 bridgehead atoms. The van der Waals surface area contributed by atoms with E-state index in [1.807, 2.05) is 30.2 Å². The first kappa shape index (κ1) is 18.5. The lowest BCUT2D eigenvalue weighted by molar-refractivity contribution is -0.132. The molecule has 1 fully saturated rings. The van der Waals surface area contributed by atoms with Gasteiger partial charge in [0.05, 0.1) is 5.52 Å². The summed E-state index contributed by atoms with van der Waals surface area (Å²) < 4.78 is 0. The molecule has 1 aromatic heterocycles. The highest BCUT2D eigenvalue weighted by Crippen LogP contribution is 2.31. The van der Waals surface area contributed by atoms with Gasteiger partial charge in [0.25, 0.3) is 0 Å². The third kappa shape index (κ3) is 3.72. The topological polar surface area (TPSA) is 45.2 Å². The third-order valence-electron chi connectivity index (χ3n) is 5.60. The number of benzene rings is 2. The van der Waals surface area contributed by atoms with Crippen LogP contribution in [0.15, 0.2) is 54.7 Å². The summed E-state index contributed by atoms with van der Waals surface area (Å²) in [4.78, 5) is 19.2. The molecule has 1 saturated heterocycles. The van der Waals surface area contributed by atoms with Crippen molar-refractivity contribution < 1.29 is 4.79 Å². The minimum atomic E-state index is -0.241. The number of pyridine rings is 1. The van der Waals surface area contributed by atoms with E-state index in [1.165, 1.54) is 23.1 Å². The van der Waals surface area contributed by atoms with Crippen LogP contribution < -0.4 is 5.32 Å². The van der Waals surface area contributed by atoms with Gasteiger partial charge in [-0.3, -0.25) is 9.78 Å². The fourth-order valence-electron chi connectivity index (χ4n) is 4.05. The van der Waals surface area contributed by atoms with Gasteiger partial charge in [0.2, 0.25) is 5.91 Å². The molecule has 4 nitrogen and oxygen atoms in total. The molecule has 2 aromatic carbocycles. The van der Waals surface area contributed by atoms with Gasteiger partial charge in [-0.25, -0.2) is 0 Å². The molecule has 1 aliphatic rings. The largest absolute Gasteiger partial charge is 0.374 e. The number of hydrogen-bond acceptors (Lipinski definition) is 3. The maximum atomic E-state index is 12.7. The number of piperidine rings is 1. The zero-order chi connectivity index (χ0) is 19.5. The number of amides is 1. The molecular formula is C24H27N3O. The van der Waals surface area contributed by atoms with Crippen molar-refractivity contribution in [3.05, 3.63) is 60.3 Å². The number of likely N-dealkylation sites (tertiary alicyclic amines) is 1. The van der Waals surface area contributed by atoms with Gasteiger partial charge in [-0.15, -0.1) is 0 Å². The molecule has 3 aromatic rings. The van der Waals surface area contributed by atoms with Gasteiger partial charge in [0, 0.05) is 30.4 Å². The Morgan fingerprint density at radius 1 is 1.04 bits per heavy atom. The lowest BCUT2D eigenvalue weighted by Gasteiger charge is -2.29. The molecule has 0 saturated carbocycles. The van der Waals surface area contributed by atoms with Crippen LogP contribution in [0, 0.1) is 6.92 Å². The lowest BCUT2D eigenvalue weighted by Crippen LogP contribution is -2.43. The van der Waals surface area contributed by atoms with E-state index in [0.29, 0.717) is 0 Å². The number of carbonyl (C=O) groups excluding carboxylic acids is 1. The first-order valence-electron chi connectivity index (χ1n) is 10.1. The predicted molar refractivity (Wildman–Crippen MR) is 115 cm³/mol. The summed E-state index contributed by atoms with van der Waals surface area (Å²) in [6.07, 6.45) is 5.31. The van der Waals surface area contributed by atoms with Gasteiger partial charge in [-0.05, 0) is 68.0 Å². The van der Waals surface area contributed by atoms with Crippen LogP contribution in [0.5, 0.6) is 0 Å². The van der Waals surface area contributed by atoms with Crippen molar-refractivity contribution in [3.8, 4) is 11.1 Å². The van der Waals surface area contributed by atoms with E-state index >= 15 is 0 Å². The molecule has 0 unspecified atom stereocenters. The number of aryl methyl sites for hydroxylation is 1. The molecule has 1 atom stereocenters. The Morgan fingerprint density at radius 2 is 1.82 bits per heavy atom. The summed E-state index contributed by atoms with van der Waals surface area (Å²) in [7, 11) is 0. The number of nitrogens with zero attached hydrogens (tertiary/aromatic N) is 2. The Labute approximate surface area is 166 Å². The fourth-order valence-corrected chi connectivity index (χ4v) is 4.05. The molecule has 0 aliphatic carbocycles. The highest BCUT2D eigenvalue weighted by molar-refractivity contribution is 5.96. The van der Waals surface area contributed by atoms with Gasteiger partial charge < -0.3 is 10.2 Å². The standard InChI is InChI=1S/C24H27N3O/c1-17-8-4-5-9-20(17)21-12-13-25-23-16-19(10-11-22(21)23)26-18(2)24(28)27-14-6-3-7-15-27/h4-5,8-13,16,18,26H,3,6-7,14-15H2,1-2H3/t18-/m1/s1. The Hall–Kier alpha value is -2.88. The van der Waals surface area contributed by atoms with E-state index in [2.05, 4.69) is 53.6 Å². The Morgan fingerprint density at radius 3 is 2.61 bits per heavy atom. The van der Waals surface area contributed by atoms with E-state index in [-0.39, 0.29) is 11.9 Å². The van der Waals surface area contributed by atoms with Gasteiger partial charge >= 0.3 is 0 Å². The number of rotatable bonds is 4. The van der Waals surface area contributed by atoms with Crippen LogP contribution in [0.2, 0.25) is 0 Å². The van der Waals surface area contributed by atoms with Gasteiger partial charge in [0.1, 0.15) is 6.04 Å². The molecule has 4 rings (SSSR count). The summed E-state index contributed by atoms with van der Waals surface area (Å²) in [5.74, 6) is 0.182. The van der Waals surface area contributed by atoms with Crippen molar-refractivity contribution in [2.75, 3.05) is 18.4 Å². The maximum absolute atomic E-state index is 12.7. The van der Waals surface area contributed by atoms with Gasteiger partial charge in [0.15, 0.2) is 0 Å². The summed E-state index contributed by atoms with van der Waals surface area (Å²) in [6.45, 7) is 5.83. The molecule has 0 radical (unpaired) electrons. The second kappa shape index (κ2) is 8.01. The van der Waals surface area contributed by atoms with Crippen LogP contribution in [-0.4, -0.2) is 34.9 Å². The second-order valence-corrected chi connectivity index (χ2v) is 7.66. The molecular weight excluding hydrogens is 346 g/mol. The van der Waals surface area contributed by atoms with Crippen molar-refractivity contribution >= 4 is 22.5 Å². The van der Waals surface area contributed by atoms with Crippen molar-refractivity contribution in [1.82, 2.24) is 9.88 Å². The molecule has 2 heterocycles. The summed E-state index contributed by atoms with van der Waals surface area (Å²) in [5, 5.41) is 4.49. The first-order valence-corrected chi connectivity index (χ1v) is 10.1. The smallest absolute Gasteiger partial charge is 0.244 e. The third-order valence-corrected chi connectivity index (χ3v) is 5.60. The number of aromatic nitrogens is 1. The van der Waals surface area contributed by atoms with E-state index < -0.39 is 0 Å². The van der Waals surface area contributed by atoms with Crippen LogP contribution in [0.3, 0.4) is 0 Å². The second-order valence-electron chi connectivity index (χ2n) is 7.66. The average molecular weight is 374 g/mol. The van der Waals surface area contributed by atoms with Crippen LogP contribution >= 0.6 is 0 Å². The Bertz CT molecular complexity index is 992. The van der Waals surface area contributed by atoms with Crippen LogP contribution in [0.1, 0.15) is 31.7 Å². The average Bonchev–Trinajstić information content (AvgIpc) is 2.73.